The smallest absolute Gasteiger partial charge is 0.411 e. The summed E-state index contributed by atoms with van der Waals surface area (Å²) in [5.41, 5.74) is -0.780. The van der Waals surface area contributed by atoms with Crippen molar-refractivity contribution < 1.29 is 27.4 Å². The van der Waals surface area contributed by atoms with Gasteiger partial charge >= 0.3 is 12.1 Å². The fraction of sp³-hybridized carbons (Fsp3) is 0.923. The lowest BCUT2D eigenvalue weighted by molar-refractivity contribution is -0.175. The fourth-order valence-corrected chi connectivity index (χ4v) is 2.84. The van der Waals surface area contributed by atoms with E-state index in [9.17, 15) is 18.0 Å². The zero-order chi connectivity index (χ0) is 15.2. The van der Waals surface area contributed by atoms with Gasteiger partial charge in [-0.3, -0.25) is 4.79 Å². The molecule has 0 saturated heterocycles. The predicted octanol–water partition coefficient (Wildman–Crippen LogP) is 2.28. The number of nitrogens with one attached hydrogen (secondary N) is 1. The standard InChI is InChI=1S/C13H22F3NO3/c1-3-20-11(18)12(17-2)7-4-5-10(12)6-8-19-9-13(14,15)16/h10,17H,3-9H2,1-2H3. The molecule has 0 aromatic rings. The topological polar surface area (TPSA) is 47.6 Å². The number of hydrogen-bond donors (Lipinski definition) is 1. The van der Waals surface area contributed by atoms with Gasteiger partial charge in [0.05, 0.1) is 6.61 Å². The maximum atomic E-state index is 12.1. The molecule has 1 aliphatic rings. The SMILES string of the molecule is CCOC(=O)C1(NC)CCCC1CCOCC(F)(F)F. The van der Waals surface area contributed by atoms with Gasteiger partial charge < -0.3 is 14.8 Å². The molecule has 0 spiro atoms. The van der Waals surface area contributed by atoms with E-state index in [-0.39, 0.29) is 18.5 Å². The van der Waals surface area contributed by atoms with Crippen LogP contribution in [0.4, 0.5) is 13.2 Å². The van der Waals surface area contributed by atoms with Crippen LogP contribution in [0.25, 0.3) is 0 Å². The van der Waals surface area contributed by atoms with Crippen LogP contribution in [0.3, 0.4) is 0 Å². The molecule has 0 aromatic heterocycles. The average molecular weight is 297 g/mol. The van der Waals surface area contributed by atoms with Crippen molar-refractivity contribution in [2.75, 3.05) is 26.9 Å². The fourth-order valence-electron chi connectivity index (χ4n) is 2.84. The normalized spacial score (nSPS) is 26.8. The van der Waals surface area contributed by atoms with E-state index >= 15 is 0 Å². The molecule has 118 valence electrons. The van der Waals surface area contributed by atoms with Crippen LogP contribution < -0.4 is 5.32 Å². The van der Waals surface area contributed by atoms with Crippen LogP contribution in [0.2, 0.25) is 0 Å². The first kappa shape index (κ1) is 17.2. The van der Waals surface area contributed by atoms with E-state index in [2.05, 4.69) is 10.1 Å². The summed E-state index contributed by atoms with van der Waals surface area (Å²) in [6.45, 7) is 0.774. The molecule has 4 nitrogen and oxygen atoms in total. The Morgan fingerprint density at radius 1 is 1.45 bits per heavy atom. The number of hydrogen-bond acceptors (Lipinski definition) is 4. The zero-order valence-corrected chi connectivity index (χ0v) is 11.9. The van der Waals surface area contributed by atoms with Crippen molar-refractivity contribution in [2.45, 2.75) is 44.3 Å². The summed E-state index contributed by atoms with van der Waals surface area (Å²) in [6.07, 6.45) is -1.61. The van der Waals surface area contributed by atoms with Gasteiger partial charge in [-0.05, 0) is 39.2 Å². The van der Waals surface area contributed by atoms with Gasteiger partial charge in [-0.15, -0.1) is 0 Å². The van der Waals surface area contributed by atoms with E-state index in [1.54, 1.807) is 14.0 Å². The summed E-state index contributed by atoms with van der Waals surface area (Å²) in [6, 6.07) is 0. The van der Waals surface area contributed by atoms with Gasteiger partial charge in [-0.25, -0.2) is 0 Å². The molecular weight excluding hydrogens is 275 g/mol. The second kappa shape index (κ2) is 7.26. The Hall–Kier alpha value is -0.820. The molecule has 2 unspecified atom stereocenters. The van der Waals surface area contributed by atoms with Gasteiger partial charge in [0.25, 0.3) is 0 Å². The van der Waals surface area contributed by atoms with Crippen LogP contribution in [-0.2, 0) is 14.3 Å². The summed E-state index contributed by atoms with van der Waals surface area (Å²) in [7, 11) is 1.69. The van der Waals surface area contributed by atoms with Gasteiger partial charge in [0.2, 0.25) is 0 Å². The van der Waals surface area contributed by atoms with Crippen LogP contribution in [-0.4, -0.2) is 44.6 Å². The molecule has 2 atom stereocenters. The number of likely N-dealkylation sites (N-methyl/N-ethyl adjacent to an activating group) is 1. The second-order valence-electron chi connectivity index (χ2n) is 4.99. The minimum absolute atomic E-state index is 0.00693. The first-order valence-electron chi connectivity index (χ1n) is 6.86. The minimum Gasteiger partial charge on any atom is -0.465 e. The number of carbonyl (C=O) groups is 1. The van der Waals surface area contributed by atoms with Gasteiger partial charge in [0.15, 0.2) is 0 Å². The number of carbonyl (C=O) groups excluding carboxylic acids is 1. The molecule has 0 aromatic carbocycles. The van der Waals surface area contributed by atoms with Gasteiger partial charge in [0.1, 0.15) is 12.1 Å². The van der Waals surface area contributed by atoms with E-state index < -0.39 is 18.3 Å². The number of alkyl halides is 3. The number of rotatable bonds is 7. The molecule has 0 radical (unpaired) electrons. The molecule has 1 fully saturated rings. The van der Waals surface area contributed by atoms with Crippen molar-refractivity contribution in [1.82, 2.24) is 5.32 Å². The molecular formula is C13H22F3NO3. The van der Waals surface area contributed by atoms with Crippen molar-refractivity contribution in [3.05, 3.63) is 0 Å². The highest BCUT2D eigenvalue weighted by Gasteiger charge is 2.48. The van der Waals surface area contributed by atoms with Crippen LogP contribution >= 0.6 is 0 Å². The quantitative estimate of drug-likeness (QED) is 0.578. The van der Waals surface area contributed by atoms with E-state index in [4.69, 9.17) is 4.74 Å². The maximum Gasteiger partial charge on any atom is 0.411 e. The Bertz CT molecular complexity index is 322. The van der Waals surface area contributed by atoms with Gasteiger partial charge in [-0.1, -0.05) is 6.42 Å². The summed E-state index contributed by atoms with van der Waals surface area (Å²) in [5.74, 6) is -0.374. The van der Waals surface area contributed by atoms with Crippen LogP contribution in [0.1, 0.15) is 32.6 Å². The molecule has 0 aliphatic heterocycles. The lowest BCUT2D eigenvalue weighted by Crippen LogP contribution is -2.54. The largest absolute Gasteiger partial charge is 0.465 e. The van der Waals surface area contributed by atoms with Crippen LogP contribution in [0.15, 0.2) is 0 Å². The monoisotopic (exact) mass is 297 g/mol. The molecule has 1 saturated carbocycles. The van der Waals surface area contributed by atoms with E-state index in [1.165, 1.54) is 0 Å². The van der Waals surface area contributed by atoms with Crippen molar-refractivity contribution >= 4 is 5.97 Å². The highest BCUT2D eigenvalue weighted by molar-refractivity contribution is 5.81. The Labute approximate surface area is 117 Å². The molecule has 20 heavy (non-hydrogen) atoms. The van der Waals surface area contributed by atoms with Crippen LogP contribution in [0, 0.1) is 5.92 Å². The molecule has 0 amide bonds. The van der Waals surface area contributed by atoms with Gasteiger partial charge in [0, 0.05) is 6.61 Å². The lowest BCUT2D eigenvalue weighted by atomic mass is 9.85. The van der Waals surface area contributed by atoms with Crippen molar-refractivity contribution in [1.29, 1.82) is 0 Å². The molecule has 1 N–H and O–H groups in total. The summed E-state index contributed by atoms with van der Waals surface area (Å²) in [5, 5.41) is 3.02. The first-order chi connectivity index (χ1) is 9.35. The molecule has 1 aliphatic carbocycles. The van der Waals surface area contributed by atoms with Gasteiger partial charge in [-0.2, -0.15) is 13.2 Å². The second-order valence-corrected chi connectivity index (χ2v) is 4.99. The Morgan fingerprint density at radius 2 is 2.15 bits per heavy atom. The molecule has 0 bridgehead atoms. The average Bonchev–Trinajstić information content (AvgIpc) is 2.78. The summed E-state index contributed by atoms with van der Waals surface area (Å²) < 4.78 is 45.7. The highest BCUT2D eigenvalue weighted by atomic mass is 19.4. The molecule has 1 rings (SSSR count). The Kier molecular flexibility index (Phi) is 6.26. The van der Waals surface area contributed by atoms with E-state index in [0.717, 1.165) is 12.8 Å². The van der Waals surface area contributed by atoms with E-state index in [0.29, 0.717) is 19.4 Å². The Balaban J connectivity index is 2.52. The molecule has 0 heterocycles. The minimum atomic E-state index is -4.31. The van der Waals surface area contributed by atoms with Crippen molar-refractivity contribution in [3.8, 4) is 0 Å². The first-order valence-corrected chi connectivity index (χ1v) is 6.86. The Morgan fingerprint density at radius 3 is 2.70 bits per heavy atom. The molecule has 7 heteroatoms. The summed E-state index contributed by atoms with van der Waals surface area (Å²) in [4.78, 5) is 12.1. The third-order valence-corrected chi connectivity index (χ3v) is 3.78. The zero-order valence-electron chi connectivity index (χ0n) is 11.9. The van der Waals surface area contributed by atoms with Crippen molar-refractivity contribution in [2.24, 2.45) is 5.92 Å². The number of ether oxygens (including phenoxy) is 2. The van der Waals surface area contributed by atoms with Crippen LogP contribution in [0.5, 0.6) is 0 Å². The van der Waals surface area contributed by atoms with E-state index in [1.807, 2.05) is 0 Å². The predicted molar refractivity (Wildman–Crippen MR) is 67.3 cm³/mol. The highest BCUT2D eigenvalue weighted by Crippen LogP contribution is 2.38. The maximum absolute atomic E-state index is 12.1. The third-order valence-electron chi connectivity index (χ3n) is 3.78. The lowest BCUT2D eigenvalue weighted by Gasteiger charge is -2.32. The third kappa shape index (κ3) is 4.34. The number of halogens is 3. The number of esters is 1. The van der Waals surface area contributed by atoms with Crippen molar-refractivity contribution in [3.63, 3.8) is 0 Å². The summed E-state index contributed by atoms with van der Waals surface area (Å²) >= 11 is 0.